The third-order valence-electron chi connectivity index (χ3n) is 5.20. The van der Waals surface area contributed by atoms with Gasteiger partial charge in [-0.3, -0.25) is 14.3 Å². The molecule has 0 aliphatic heterocycles. The average molecular weight is 485 g/mol. The van der Waals surface area contributed by atoms with Crippen molar-refractivity contribution in [2.45, 2.75) is 11.8 Å². The average Bonchev–Trinajstić information content (AvgIpc) is 2.74. The minimum absolute atomic E-state index is 0.0309. The number of rotatable bonds is 5. The van der Waals surface area contributed by atoms with Gasteiger partial charge in [-0.1, -0.05) is 29.8 Å². The summed E-state index contributed by atoms with van der Waals surface area (Å²) >= 11 is 6.49. The van der Waals surface area contributed by atoms with Gasteiger partial charge in [-0.05, 0) is 54.4 Å². The van der Waals surface area contributed by atoms with E-state index >= 15 is 0 Å². The molecule has 0 fully saturated rings. The number of aromatic amines is 2. The number of benzene rings is 3. The Bertz CT molecular complexity index is 1610. The van der Waals surface area contributed by atoms with E-state index in [1.165, 1.54) is 12.1 Å². The topological polar surface area (TPSA) is 115 Å². The molecule has 1 aromatic heterocycles. The lowest BCUT2D eigenvalue weighted by atomic mass is 10.0. The maximum atomic E-state index is 13.1. The van der Waals surface area contributed by atoms with Gasteiger partial charge in [0.1, 0.15) is 0 Å². The number of nitrogens with one attached hydrogen (secondary N) is 3. The molecule has 1 heterocycles. The lowest BCUT2D eigenvalue weighted by molar-refractivity contribution is 0.600. The van der Waals surface area contributed by atoms with Crippen LogP contribution in [0.5, 0.6) is 0 Å². The number of halogens is 1. The van der Waals surface area contributed by atoms with Crippen molar-refractivity contribution in [2.24, 2.45) is 0 Å². The molecule has 0 saturated carbocycles. The van der Waals surface area contributed by atoms with Gasteiger partial charge in [-0.15, -0.1) is 0 Å². The smallest absolute Gasteiger partial charge is 0.314 e. The first-order chi connectivity index (χ1) is 15.5. The van der Waals surface area contributed by atoms with E-state index in [9.17, 15) is 18.0 Å². The van der Waals surface area contributed by atoms with Gasteiger partial charge in [0.15, 0.2) is 0 Å². The van der Waals surface area contributed by atoms with Crippen molar-refractivity contribution in [2.75, 3.05) is 23.7 Å². The summed E-state index contributed by atoms with van der Waals surface area (Å²) in [6.45, 7) is 1.60. The molecule has 0 aliphatic carbocycles. The van der Waals surface area contributed by atoms with Crippen molar-refractivity contribution in [3.8, 4) is 11.1 Å². The van der Waals surface area contributed by atoms with E-state index in [1.807, 2.05) is 43.3 Å². The molecule has 4 aromatic rings. The van der Waals surface area contributed by atoms with E-state index in [-0.39, 0.29) is 10.4 Å². The number of fused-ring (bicyclic) bond motifs is 1. The Morgan fingerprint density at radius 3 is 2.21 bits per heavy atom. The zero-order valence-corrected chi connectivity index (χ0v) is 19.6. The highest BCUT2D eigenvalue weighted by Gasteiger charge is 2.19. The summed E-state index contributed by atoms with van der Waals surface area (Å²) in [6, 6.07) is 15.6. The minimum Gasteiger partial charge on any atom is -0.378 e. The summed E-state index contributed by atoms with van der Waals surface area (Å²) in [5, 5.41) is 0.392. The van der Waals surface area contributed by atoms with E-state index in [2.05, 4.69) is 14.7 Å². The molecular formula is C23H21ClN4O4S. The van der Waals surface area contributed by atoms with Gasteiger partial charge in [0.25, 0.3) is 10.0 Å². The summed E-state index contributed by atoms with van der Waals surface area (Å²) in [6.07, 6.45) is 0. The maximum Gasteiger partial charge on any atom is 0.314 e. The molecular weight excluding hydrogens is 464 g/mol. The quantitative estimate of drug-likeness (QED) is 0.373. The zero-order chi connectivity index (χ0) is 23.9. The monoisotopic (exact) mass is 484 g/mol. The van der Waals surface area contributed by atoms with E-state index in [1.54, 1.807) is 25.1 Å². The SMILES string of the molecule is Cc1cc2[nH]c(=O)c(=O)[nH]c2cc1S(=O)(=O)Nc1ccc(-c2cccc(N(C)C)c2)c(Cl)c1. The van der Waals surface area contributed by atoms with Gasteiger partial charge in [-0.2, -0.15) is 0 Å². The third kappa shape index (κ3) is 4.50. The molecule has 0 bridgehead atoms. The fourth-order valence-electron chi connectivity index (χ4n) is 3.52. The Hall–Kier alpha value is -3.56. The van der Waals surface area contributed by atoms with E-state index in [0.29, 0.717) is 21.8 Å². The Morgan fingerprint density at radius 1 is 0.909 bits per heavy atom. The van der Waals surface area contributed by atoms with Crippen LogP contribution in [0.2, 0.25) is 5.02 Å². The van der Waals surface area contributed by atoms with Crippen molar-refractivity contribution in [3.05, 3.63) is 85.9 Å². The lowest BCUT2D eigenvalue weighted by Crippen LogP contribution is -2.29. The highest BCUT2D eigenvalue weighted by Crippen LogP contribution is 2.33. The number of anilines is 2. The van der Waals surface area contributed by atoms with Crippen LogP contribution in [0.4, 0.5) is 11.4 Å². The number of aryl methyl sites for hydroxylation is 1. The lowest BCUT2D eigenvalue weighted by Gasteiger charge is -2.15. The zero-order valence-electron chi connectivity index (χ0n) is 18.1. The second-order valence-electron chi connectivity index (χ2n) is 7.82. The van der Waals surface area contributed by atoms with Gasteiger partial charge in [0, 0.05) is 25.3 Å². The predicted molar refractivity (Wildman–Crippen MR) is 132 cm³/mol. The molecule has 0 spiro atoms. The van der Waals surface area contributed by atoms with Crippen LogP contribution in [0, 0.1) is 6.92 Å². The van der Waals surface area contributed by atoms with E-state index in [0.717, 1.165) is 16.8 Å². The Kier molecular flexibility index (Phi) is 5.77. The second-order valence-corrected chi connectivity index (χ2v) is 9.87. The molecule has 0 amide bonds. The fourth-order valence-corrected chi connectivity index (χ4v) is 5.11. The van der Waals surface area contributed by atoms with Crippen LogP contribution >= 0.6 is 11.6 Å². The molecule has 10 heteroatoms. The molecule has 3 aromatic carbocycles. The largest absolute Gasteiger partial charge is 0.378 e. The van der Waals surface area contributed by atoms with Gasteiger partial charge in [-0.25, -0.2) is 8.42 Å². The van der Waals surface area contributed by atoms with Crippen molar-refractivity contribution in [1.82, 2.24) is 9.97 Å². The van der Waals surface area contributed by atoms with Crippen LogP contribution in [-0.4, -0.2) is 32.5 Å². The summed E-state index contributed by atoms with van der Waals surface area (Å²) in [4.78, 5) is 29.9. The molecule has 4 rings (SSSR count). The van der Waals surface area contributed by atoms with Crippen LogP contribution < -0.4 is 20.7 Å². The number of aromatic nitrogens is 2. The normalized spacial score (nSPS) is 11.5. The maximum absolute atomic E-state index is 13.1. The third-order valence-corrected chi connectivity index (χ3v) is 7.04. The van der Waals surface area contributed by atoms with Gasteiger partial charge >= 0.3 is 11.1 Å². The Morgan fingerprint density at radius 2 is 1.58 bits per heavy atom. The number of sulfonamides is 1. The summed E-state index contributed by atoms with van der Waals surface area (Å²) in [7, 11) is -0.110. The molecule has 170 valence electrons. The minimum atomic E-state index is -4.00. The highest BCUT2D eigenvalue weighted by atomic mass is 35.5. The molecule has 0 unspecified atom stereocenters. The first-order valence-electron chi connectivity index (χ1n) is 9.92. The number of hydrogen-bond acceptors (Lipinski definition) is 5. The summed E-state index contributed by atoms with van der Waals surface area (Å²) in [5.41, 5.74) is 2.27. The molecule has 0 radical (unpaired) electrons. The van der Waals surface area contributed by atoms with Gasteiger partial charge in [0.2, 0.25) is 0 Å². The summed E-state index contributed by atoms with van der Waals surface area (Å²) in [5.74, 6) is 0. The fraction of sp³-hybridized carbons (Fsp3) is 0.130. The molecule has 0 atom stereocenters. The predicted octanol–water partition coefficient (Wildman–Crippen LogP) is 3.71. The van der Waals surface area contributed by atoms with E-state index in [4.69, 9.17) is 11.6 Å². The van der Waals surface area contributed by atoms with Crippen LogP contribution in [-0.2, 0) is 10.0 Å². The van der Waals surface area contributed by atoms with Gasteiger partial charge in [0.05, 0.1) is 26.6 Å². The van der Waals surface area contributed by atoms with Crippen LogP contribution in [0.3, 0.4) is 0 Å². The van der Waals surface area contributed by atoms with Crippen LogP contribution in [0.1, 0.15) is 5.56 Å². The first-order valence-corrected chi connectivity index (χ1v) is 11.8. The van der Waals surface area contributed by atoms with E-state index < -0.39 is 21.1 Å². The number of H-pyrrole nitrogens is 2. The van der Waals surface area contributed by atoms with Crippen molar-refractivity contribution < 1.29 is 8.42 Å². The molecule has 3 N–H and O–H groups in total. The van der Waals surface area contributed by atoms with Crippen molar-refractivity contribution >= 4 is 44.0 Å². The van der Waals surface area contributed by atoms with Crippen molar-refractivity contribution in [1.29, 1.82) is 0 Å². The molecule has 0 aliphatic rings. The Labute approximate surface area is 194 Å². The van der Waals surface area contributed by atoms with Crippen LogP contribution in [0.25, 0.3) is 22.2 Å². The number of hydrogen-bond donors (Lipinski definition) is 3. The van der Waals surface area contributed by atoms with Crippen LogP contribution in [0.15, 0.2) is 69.1 Å². The second kappa shape index (κ2) is 8.42. The first kappa shape index (κ1) is 22.6. The highest BCUT2D eigenvalue weighted by molar-refractivity contribution is 7.92. The Balaban J connectivity index is 1.69. The molecule has 8 nitrogen and oxygen atoms in total. The summed E-state index contributed by atoms with van der Waals surface area (Å²) < 4.78 is 28.7. The molecule has 33 heavy (non-hydrogen) atoms. The standard InChI is InChI=1S/C23H21ClN4O4S/c1-13-9-19-20(26-23(30)22(29)25-19)12-21(13)33(31,32)27-15-7-8-17(18(24)11-15)14-5-4-6-16(10-14)28(2)3/h4-12,27H,1-3H3,(H,25,29)(H,26,30). The van der Waals surface area contributed by atoms with Gasteiger partial charge < -0.3 is 14.9 Å². The molecule has 0 saturated heterocycles. The number of nitrogens with zero attached hydrogens (tertiary/aromatic N) is 1. The van der Waals surface area contributed by atoms with Crippen molar-refractivity contribution in [3.63, 3.8) is 0 Å².